The van der Waals surface area contributed by atoms with E-state index in [0.29, 0.717) is 28.1 Å². The average molecular weight is 402 g/mol. The summed E-state index contributed by atoms with van der Waals surface area (Å²) in [5.41, 5.74) is 2.23. The van der Waals surface area contributed by atoms with Crippen LogP contribution < -0.4 is 9.64 Å². The van der Waals surface area contributed by atoms with E-state index in [1.54, 1.807) is 18.2 Å². The molecule has 2 aromatic rings. The highest BCUT2D eigenvalue weighted by atomic mass is 32.2. The molecule has 0 spiro atoms. The first-order valence-corrected chi connectivity index (χ1v) is 9.95. The Morgan fingerprint density at radius 1 is 1.11 bits per heavy atom. The van der Waals surface area contributed by atoms with Gasteiger partial charge in [0.1, 0.15) is 5.75 Å². The van der Waals surface area contributed by atoms with Crippen LogP contribution in [0.2, 0.25) is 0 Å². The van der Waals surface area contributed by atoms with E-state index in [1.165, 1.54) is 13.2 Å². The Morgan fingerprint density at radius 3 is 2.39 bits per heavy atom. The highest BCUT2D eigenvalue weighted by Gasteiger charge is 2.22. The summed E-state index contributed by atoms with van der Waals surface area (Å²) in [5.74, 6) is -0.573. The summed E-state index contributed by atoms with van der Waals surface area (Å²) in [5, 5.41) is 10.8. The first-order valence-electron chi connectivity index (χ1n) is 8.82. The summed E-state index contributed by atoms with van der Waals surface area (Å²) in [6, 6.07) is 10.4. The van der Waals surface area contributed by atoms with Gasteiger partial charge >= 0.3 is 5.97 Å². The third-order valence-corrected chi connectivity index (χ3v) is 5.31. The maximum atomic E-state index is 11.9. The molecule has 3 rings (SSSR count). The number of para-hydroxylation sites is 1. The van der Waals surface area contributed by atoms with Gasteiger partial charge < -0.3 is 19.6 Å². The van der Waals surface area contributed by atoms with Crippen LogP contribution in [-0.4, -0.2) is 70.1 Å². The molecule has 7 nitrogen and oxygen atoms in total. The molecule has 0 unspecified atom stereocenters. The molecule has 1 fully saturated rings. The van der Waals surface area contributed by atoms with Crippen molar-refractivity contribution in [2.75, 3.05) is 45.2 Å². The number of carboxylic acid groups (broad SMARTS) is 1. The summed E-state index contributed by atoms with van der Waals surface area (Å²) in [6.45, 7) is 3.12. The van der Waals surface area contributed by atoms with E-state index >= 15 is 0 Å². The van der Waals surface area contributed by atoms with Crippen molar-refractivity contribution in [3.8, 4) is 16.9 Å². The molecule has 0 aromatic heterocycles. The molecule has 0 saturated carbocycles. The number of piperazine rings is 1. The third-order valence-electron chi connectivity index (χ3n) is 4.86. The van der Waals surface area contributed by atoms with E-state index in [2.05, 4.69) is 9.80 Å². The number of ether oxygens (including phenoxy) is 1. The molecule has 1 aliphatic rings. The lowest BCUT2D eigenvalue weighted by Gasteiger charge is -2.35. The molecule has 8 heteroatoms. The third kappa shape index (κ3) is 4.18. The summed E-state index contributed by atoms with van der Waals surface area (Å²) < 4.78 is 28.1. The quantitative estimate of drug-likeness (QED) is 0.764. The van der Waals surface area contributed by atoms with Gasteiger partial charge in [-0.1, -0.05) is 18.2 Å². The molecular weight excluding hydrogens is 380 g/mol. The van der Waals surface area contributed by atoms with Gasteiger partial charge in [-0.3, -0.25) is 0 Å². The highest BCUT2D eigenvalue weighted by molar-refractivity contribution is 7.71. The number of rotatable bonds is 5. The van der Waals surface area contributed by atoms with Gasteiger partial charge in [-0.2, -0.15) is 8.42 Å². The maximum Gasteiger partial charge on any atom is 0.336 e. The molecule has 1 N–H and O–H groups in total. The van der Waals surface area contributed by atoms with Crippen molar-refractivity contribution in [2.45, 2.75) is 0 Å². The lowest BCUT2D eigenvalue weighted by atomic mass is 9.95. The van der Waals surface area contributed by atoms with Gasteiger partial charge in [0, 0.05) is 48.6 Å². The second-order valence-electron chi connectivity index (χ2n) is 6.63. The van der Waals surface area contributed by atoms with Crippen LogP contribution in [-0.2, 0) is 10.3 Å². The van der Waals surface area contributed by atoms with E-state index in [4.69, 9.17) is 4.74 Å². The van der Waals surface area contributed by atoms with Crippen molar-refractivity contribution < 1.29 is 23.1 Å². The van der Waals surface area contributed by atoms with Crippen LogP contribution in [0.3, 0.4) is 0 Å². The molecule has 28 heavy (non-hydrogen) atoms. The van der Waals surface area contributed by atoms with Crippen LogP contribution >= 0.6 is 0 Å². The van der Waals surface area contributed by atoms with Crippen LogP contribution in [0, 0.1) is 0 Å². The van der Waals surface area contributed by atoms with E-state index in [0.717, 1.165) is 31.5 Å². The minimum Gasteiger partial charge on any atom is -0.496 e. The van der Waals surface area contributed by atoms with Crippen molar-refractivity contribution >= 4 is 27.3 Å². The summed E-state index contributed by atoms with van der Waals surface area (Å²) in [7, 11) is 1.12. The fourth-order valence-electron chi connectivity index (χ4n) is 3.39. The monoisotopic (exact) mass is 402 g/mol. The zero-order chi connectivity index (χ0) is 20.3. The molecule has 0 atom stereocenters. The van der Waals surface area contributed by atoms with Gasteiger partial charge in [-0.15, -0.1) is 0 Å². The number of methoxy groups -OCH3 is 1. The number of anilines is 1. The number of carbonyl (C=O) groups is 1. The Bertz CT molecular complexity index is 1020. The van der Waals surface area contributed by atoms with Crippen LogP contribution in [0.4, 0.5) is 5.69 Å². The van der Waals surface area contributed by atoms with E-state index in [1.807, 2.05) is 19.2 Å². The van der Waals surface area contributed by atoms with Gasteiger partial charge in [0.2, 0.25) is 10.3 Å². The average Bonchev–Trinajstić information content (AvgIpc) is 2.68. The molecule has 1 saturated heterocycles. The predicted octanol–water partition coefficient (Wildman–Crippen LogP) is 1.84. The van der Waals surface area contributed by atoms with Crippen LogP contribution in [0.1, 0.15) is 15.9 Å². The van der Waals surface area contributed by atoms with Gasteiger partial charge in [0.05, 0.1) is 18.0 Å². The Hall–Kier alpha value is -2.84. The van der Waals surface area contributed by atoms with Crippen molar-refractivity contribution in [3.05, 3.63) is 47.5 Å². The van der Waals surface area contributed by atoms with Gasteiger partial charge in [-0.25, -0.2) is 4.79 Å². The van der Waals surface area contributed by atoms with E-state index in [-0.39, 0.29) is 5.56 Å². The second kappa shape index (κ2) is 8.45. The van der Waals surface area contributed by atoms with Crippen LogP contribution in [0.25, 0.3) is 11.1 Å². The van der Waals surface area contributed by atoms with Crippen molar-refractivity contribution in [2.24, 2.45) is 0 Å². The predicted molar refractivity (Wildman–Crippen MR) is 109 cm³/mol. The fourth-order valence-corrected chi connectivity index (χ4v) is 3.79. The molecule has 1 aliphatic heterocycles. The van der Waals surface area contributed by atoms with E-state index in [9.17, 15) is 18.3 Å². The smallest absolute Gasteiger partial charge is 0.336 e. The number of hydrogen-bond acceptors (Lipinski definition) is 6. The Kier molecular flexibility index (Phi) is 6.01. The number of carboxylic acids is 1. The molecule has 2 aromatic carbocycles. The Morgan fingerprint density at radius 2 is 1.79 bits per heavy atom. The molecule has 0 radical (unpaired) electrons. The van der Waals surface area contributed by atoms with Gasteiger partial charge in [-0.05, 0) is 25.2 Å². The highest BCUT2D eigenvalue weighted by Crippen LogP contribution is 2.36. The number of hydrogen-bond donors (Lipinski definition) is 1. The topological polar surface area (TPSA) is 87.2 Å². The molecule has 0 bridgehead atoms. The van der Waals surface area contributed by atoms with Crippen LogP contribution in [0.15, 0.2) is 36.4 Å². The molecule has 0 amide bonds. The summed E-state index contributed by atoms with van der Waals surface area (Å²) in [6.07, 6.45) is 0. The molecule has 0 aliphatic carbocycles. The molecule has 148 valence electrons. The first kappa shape index (κ1) is 19.9. The first-order chi connectivity index (χ1) is 13.4. The number of aromatic carboxylic acids is 1. The summed E-state index contributed by atoms with van der Waals surface area (Å²) >= 11 is 0. The minimum absolute atomic E-state index is 0.0269. The van der Waals surface area contributed by atoms with Crippen molar-refractivity contribution in [3.63, 3.8) is 0 Å². The van der Waals surface area contributed by atoms with Gasteiger partial charge in [0.15, 0.2) is 0 Å². The lowest BCUT2D eigenvalue weighted by Crippen LogP contribution is -2.44. The van der Waals surface area contributed by atoms with Crippen molar-refractivity contribution in [1.29, 1.82) is 0 Å². The largest absolute Gasteiger partial charge is 0.496 e. The maximum absolute atomic E-state index is 11.9. The lowest BCUT2D eigenvalue weighted by molar-refractivity contribution is 0.0697. The number of nitrogens with zero attached hydrogens (tertiary/aromatic N) is 2. The fraction of sp³-hybridized carbons (Fsp3) is 0.300. The number of benzene rings is 2. The standard InChI is InChI=1S/C20H22N2O5S/c1-21-7-9-22(10-8-21)18-12-16(15-5-3-4-6-19(15)27-2)17(20(23)24)11-14(18)13-28(25)26/h3-6,11-13H,7-10H2,1-2H3,(H,23,24). The van der Waals surface area contributed by atoms with Crippen molar-refractivity contribution in [1.82, 2.24) is 4.90 Å². The molecule has 1 heterocycles. The van der Waals surface area contributed by atoms with Gasteiger partial charge in [0.25, 0.3) is 0 Å². The summed E-state index contributed by atoms with van der Waals surface area (Å²) in [4.78, 5) is 16.2. The second-order valence-corrected chi connectivity index (χ2v) is 7.39. The molecular formula is C20H22N2O5S. The normalized spacial score (nSPS) is 14.6. The number of likely N-dealkylation sites (N-methyl/N-ethyl adjacent to an activating group) is 1. The zero-order valence-corrected chi connectivity index (χ0v) is 16.6. The minimum atomic E-state index is -2.45. The van der Waals surface area contributed by atoms with Crippen LogP contribution in [0.5, 0.6) is 5.75 Å². The SMILES string of the molecule is COc1ccccc1-c1cc(N2CCN(C)CC2)c(C=S(=O)=O)cc1C(=O)O. The van der Waals surface area contributed by atoms with E-state index < -0.39 is 16.3 Å². The Labute approximate surface area is 165 Å². The zero-order valence-electron chi connectivity index (χ0n) is 15.8. The Balaban J connectivity index is 2.25.